The van der Waals surface area contributed by atoms with Gasteiger partial charge in [-0.25, -0.2) is 5.06 Å². The van der Waals surface area contributed by atoms with Crippen molar-refractivity contribution in [2.75, 3.05) is 21.3 Å². The predicted molar refractivity (Wildman–Crippen MR) is 53.0 cm³/mol. The van der Waals surface area contributed by atoms with Crippen molar-refractivity contribution in [3.63, 3.8) is 0 Å². The molecule has 0 aromatic heterocycles. The molecule has 6 nitrogen and oxygen atoms in total. The fourth-order valence-electron chi connectivity index (χ4n) is 1.72. The first kappa shape index (κ1) is 12.6. The molecule has 1 rings (SSSR count). The summed E-state index contributed by atoms with van der Waals surface area (Å²) in [5.41, 5.74) is 0. The number of hydroxylamine groups is 2. The molecule has 90 valence electrons. The molecule has 0 bridgehead atoms. The van der Waals surface area contributed by atoms with Gasteiger partial charge in [-0.3, -0.25) is 19.2 Å². The van der Waals surface area contributed by atoms with E-state index in [9.17, 15) is 14.4 Å². The maximum absolute atomic E-state index is 11.7. The Morgan fingerprint density at radius 1 is 1.44 bits per heavy atom. The number of nitrogens with zero attached hydrogens (tertiary/aromatic N) is 1. The molecular weight excluding hydrogens is 214 g/mol. The second kappa shape index (κ2) is 5.07. The maximum Gasteiger partial charge on any atom is 0.305 e. The Hall–Kier alpha value is -1.43. The number of hydrogen-bond donors (Lipinski definition) is 0. The van der Waals surface area contributed by atoms with Crippen LogP contribution in [0.5, 0.6) is 0 Å². The standard InChI is InChI=1S/C10H15NO5/c1-11(16-3)10(14)9-6(4-7(9)12)5-8(13)15-2/h6,9H,4-5H2,1-3H3. The van der Waals surface area contributed by atoms with Crippen LogP contribution in [-0.4, -0.2) is 44.0 Å². The van der Waals surface area contributed by atoms with Crippen molar-refractivity contribution in [3.8, 4) is 0 Å². The Balaban J connectivity index is 2.60. The van der Waals surface area contributed by atoms with Crippen LogP contribution in [0.3, 0.4) is 0 Å². The molecule has 0 saturated heterocycles. The van der Waals surface area contributed by atoms with Crippen LogP contribution in [0.1, 0.15) is 12.8 Å². The first-order valence-corrected chi connectivity index (χ1v) is 4.92. The van der Waals surface area contributed by atoms with Gasteiger partial charge < -0.3 is 4.74 Å². The quantitative estimate of drug-likeness (QED) is 0.378. The molecule has 0 aliphatic heterocycles. The van der Waals surface area contributed by atoms with Crippen molar-refractivity contribution in [3.05, 3.63) is 0 Å². The zero-order valence-corrected chi connectivity index (χ0v) is 9.56. The van der Waals surface area contributed by atoms with Crippen molar-refractivity contribution >= 4 is 17.7 Å². The molecule has 0 aromatic carbocycles. The lowest BCUT2D eigenvalue weighted by molar-refractivity contribution is -0.181. The number of methoxy groups -OCH3 is 1. The summed E-state index contributed by atoms with van der Waals surface area (Å²) in [6.45, 7) is 0. The van der Waals surface area contributed by atoms with E-state index in [2.05, 4.69) is 4.74 Å². The van der Waals surface area contributed by atoms with E-state index in [1.165, 1.54) is 21.3 Å². The number of rotatable bonds is 4. The van der Waals surface area contributed by atoms with Gasteiger partial charge in [-0.1, -0.05) is 0 Å². The third kappa shape index (κ3) is 2.38. The van der Waals surface area contributed by atoms with Crippen LogP contribution in [-0.2, 0) is 24.0 Å². The highest BCUT2D eigenvalue weighted by Gasteiger charge is 2.47. The molecule has 6 heteroatoms. The maximum atomic E-state index is 11.7. The zero-order valence-electron chi connectivity index (χ0n) is 9.56. The second-order valence-corrected chi connectivity index (χ2v) is 3.71. The molecule has 2 atom stereocenters. The van der Waals surface area contributed by atoms with Crippen molar-refractivity contribution < 1.29 is 24.0 Å². The molecule has 0 radical (unpaired) electrons. The molecule has 2 unspecified atom stereocenters. The van der Waals surface area contributed by atoms with Gasteiger partial charge in [-0.2, -0.15) is 0 Å². The van der Waals surface area contributed by atoms with E-state index in [0.29, 0.717) is 0 Å². The van der Waals surface area contributed by atoms with E-state index in [0.717, 1.165) is 5.06 Å². The minimum atomic E-state index is -0.760. The number of ketones is 1. The first-order valence-electron chi connectivity index (χ1n) is 4.92. The Labute approximate surface area is 93.4 Å². The summed E-state index contributed by atoms with van der Waals surface area (Å²) in [6.07, 6.45) is 0.346. The summed E-state index contributed by atoms with van der Waals surface area (Å²) >= 11 is 0. The van der Waals surface area contributed by atoms with Gasteiger partial charge in [-0.05, 0) is 5.92 Å². The molecule has 0 aromatic rings. The van der Waals surface area contributed by atoms with Crippen molar-refractivity contribution in [1.29, 1.82) is 0 Å². The zero-order chi connectivity index (χ0) is 12.3. The Morgan fingerprint density at radius 3 is 2.50 bits per heavy atom. The number of amides is 1. The minimum Gasteiger partial charge on any atom is -0.469 e. The topological polar surface area (TPSA) is 72.9 Å². The van der Waals surface area contributed by atoms with Crippen LogP contribution in [0.4, 0.5) is 0 Å². The molecule has 1 aliphatic carbocycles. The van der Waals surface area contributed by atoms with E-state index in [-0.39, 0.29) is 24.5 Å². The molecule has 0 spiro atoms. The molecule has 1 aliphatic rings. The number of Topliss-reactive ketones (excluding diaryl/α,β-unsaturated/α-hetero) is 1. The third-order valence-corrected chi connectivity index (χ3v) is 2.79. The summed E-state index contributed by atoms with van der Waals surface area (Å²) in [4.78, 5) is 38.7. The summed E-state index contributed by atoms with van der Waals surface area (Å²) in [5, 5.41) is 1.01. The van der Waals surface area contributed by atoms with Gasteiger partial charge in [0, 0.05) is 19.9 Å². The van der Waals surface area contributed by atoms with E-state index in [4.69, 9.17) is 4.84 Å². The summed E-state index contributed by atoms with van der Waals surface area (Å²) < 4.78 is 4.50. The van der Waals surface area contributed by atoms with Gasteiger partial charge in [0.2, 0.25) is 0 Å². The Kier molecular flexibility index (Phi) is 4.00. The van der Waals surface area contributed by atoms with E-state index < -0.39 is 17.8 Å². The van der Waals surface area contributed by atoms with Crippen LogP contribution < -0.4 is 0 Å². The lowest BCUT2D eigenvalue weighted by Gasteiger charge is -2.34. The van der Waals surface area contributed by atoms with E-state index in [1.807, 2.05) is 0 Å². The van der Waals surface area contributed by atoms with Gasteiger partial charge in [0.05, 0.1) is 14.2 Å². The third-order valence-electron chi connectivity index (χ3n) is 2.79. The average molecular weight is 229 g/mol. The number of hydrogen-bond acceptors (Lipinski definition) is 5. The van der Waals surface area contributed by atoms with Crippen molar-refractivity contribution in [1.82, 2.24) is 5.06 Å². The Morgan fingerprint density at radius 2 is 2.06 bits per heavy atom. The molecular formula is C10H15NO5. The Bertz CT molecular complexity index is 314. The highest BCUT2D eigenvalue weighted by atomic mass is 16.7. The fourth-order valence-corrected chi connectivity index (χ4v) is 1.72. The fraction of sp³-hybridized carbons (Fsp3) is 0.700. The molecule has 16 heavy (non-hydrogen) atoms. The minimum absolute atomic E-state index is 0.0935. The lowest BCUT2D eigenvalue weighted by Crippen LogP contribution is -2.48. The summed E-state index contributed by atoms with van der Waals surface area (Å²) in [7, 11) is 4.06. The van der Waals surface area contributed by atoms with E-state index in [1.54, 1.807) is 0 Å². The van der Waals surface area contributed by atoms with E-state index >= 15 is 0 Å². The molecule has 1 fully saturated rings. The van der Waals surface area contributed by atoms with Gasteiger partial charge in [-0.15, -0.1) is 0 Å². The average Bonchev–Trinajstić information content (AvgIpc) is 2.26. The first-order chi connectivity index (χ1) is 7.51. The highest BCUT2D eigenvalue weighted by Crippen LogP contribution is 2.34. The SMILES string of the molecule is COC(=O)CC1CC(=O)C1C(=O)N(C)OC. The smallest absolute Gasteiger partial charge is 0.305 e. The predicted octanol–water partition coefficient (Wildman–Crippen LogP) is -0.226. The lowest BCUT2D eigenvalue weighted by atomic mass is 9.70. The highest BCUT2D eigenvalue weighted by molar-refractivity contribution is 6.06. The molecule has 1 amide bonds. The summed E-state index contributed by atoms with van der Waals surface area (Å²) in [5.74, 6) is -1.99. The largest absolute Gasteiger partial charge is 0.469 e. The van der Waals surface area contributed by atoms with Gasteiger partial charge in [0.25, 0.3) is 5.91 Å². The van der Waals surface area contributed by atoms with Crippen molar-refractivity contribution in [2.45, 2.75) is 12.8 Å². The van der Waals surface area contributed by atoms with Gasteiger partial charge in [0.1, 0.15) is 11.7 Å². The molecule has 0 N–H and O–H groups in total. The number of carbonyl (C=O) groups is 3. The van der Waals surface area contributed by atoms with Crippen LogP contribution in [0.15, 0.2) is 0 Å². The van der Waals surface area contributed by atoms with Gasteiger partial charge in [0.15, 0.2) is 0 Å². The van der Waals surface area contributed by atoms with Crippen LogP contribution in [0.2, 0.25) is 0 Å². The summed E-state index contributed by atoms with van der Waals surface area (Å²) in [6, 6.07) is 0. The number of carbonyl (C=O) groups excluding carboxylic acids is 3. The second-order valence-electron chi connectivity index (χ2n) is 3.71. The normalized spacial score (nSPS) is 23.6. The van der Waals surface area contributed by atoms with Crippen LogP contribution in [0, 0.1) is 11.8 Å². The number of ether oxygens (including phenoxy) is 1. The molecule has 0 heterocycles. The van der Waals surface area contributed by atoms with Crippen LogP contribution in [0.25, 0.3) is 0 Å². The molecule has 1 saturated carbocycles. The van der Waals surface area contributed by atoms with Crippen LogP contribution >= 0.6 is 0 Å². The van der Waals surface area contributed by atoms with Crippen molar-refractivity contribution in [2.24, 2.45) is 11.8 Å². The number of esters is 1. The monoisotopic (exact) mass is 229 g/mol. The van der Waals surface area contributed by atoms with Gasteiger partial charge >= 0.3 is 5.97 Å².